The van der Waals surface area contributed by atoms with Crippen molar-refractivity contribution in [2.24, 2.45) is 0 Å². The second-order valence-electron chi connectivity index (χ2n) is 5.50. The number of benzene rings is 2. The topological polar surface area (TPSA) is 118 Å². The van der Waals surface area contributed by atoms with Crippen molar-refractivity contribution in [3.63, 3.8) is 0 Å². The minimum Gasteiger partial charge on any atom is -0.352 e. The Balaban J connectivity index is 1.94. The molecular weight excluding hydrogens is 382 g/mol. The number of rotatable bonds is 7. The zero-order chi connectivity index (χ0) is 19.3. The molecule has 0 atom stereocenters. The Morgan fingerprint density at radius 3 is 2.42 bits per heavy atom. The van der Waals surface area contributed by atoms with E-state index in [1.54, 1.807) is 24.3 Å². The fourth-order valence-electron chi connectivity index (χ4n) is 2.17. The summed E-state index contributed by atoms with van der Waals surface area (Å²) >= 11 is 5.92. The van der Waals surface area contributed by atoms with E-state index in [-0.39, 0.29) is 22.8 Å². The highest BCUT2D eigenvalue weighted by atomic mass is 35.5. The van der Waals surface area contributed by atoms with Crippen molar-refractivity contribution in [2.75, 3.05) is 17.5 Å². The summed E-state index contributed by atoms with van der Waals surface area (Å²) in [6.45, 7) is 0.288. The molecule has 0 aliphatic carbocycles. The van der Waals surface area contributed by atoms with Gasteiger partial charge in [0.15, 0.2) is 0 Å². The van der Waals surface area contributed by atoms with E-state index in [0.717, 1.165) is 17.9 Å². The summed E-state index contributed by atoms with van der Waals surface area (Å²) in [4.78, 5) is 22.3. The van der Waals surface area contributed by atoms with Crippen LogP contribution in [-0.2, 0) is 16.4 Å². The minimum absolute atomic E-state index is 0.0357. The Bertz CT molecular complexity index is 929. The zero-order valence-corrected chi connectivity index (χ0v) is 15.3. The van der Waals surface area contributed by atoms with Crippen molar-refractivity contribution < 1.29 is 18.1 Å². The maximum absolute atomic E-state index is 12.1. The first kappa shape index (κ1) is 19.7. The highest BCUT2D eigenvalue weighted by Crippen LogP contribution is 2.22. The number of hydrogen-bond acceptors (Lipinski definition) is 5. The summed E-state index contributed by atoms with van der Waals surface area (Å²) in [6, 6.07) is 10.4. The molecule has 1 amide bonds. The fourth-order valence-corrected chi connectivity index (χ4v) is 2.94. The van der Waals surface area contributed by atoms with Crippen LogP contribution in [0.25, 0.3) is 0 Å². The van der Waals surface area contributed by atoms with Gasteiger partial charge < -0.3 is 5.32 Å². The van der Waals surface area contributed by atoms with Gasteiger partial charge in [-0.1, -0.05) is 23.7 Å². The van der Waals surface area contributed by atoms with E-state index in [2.05, 4.69) is 10.0 Å². The van der Waals surface area contributed by atoms with Crippen molar-refractivity contribution in [1.29, 1.82) is 0 Å². The molecule has 0 bridgehead atoms. The van der Waals surface area contributed by atoms with Gasteiger partial charge in [-0.3, -0.25) is 19.6 Å². The molecule has 0 aliphatic heterocycles. The third kappa shape index (κ3) is 5.71. The lowest BCUT2D eigenvalue weighted by Gasteiger charge is -2.08. The predicted molar refractivity (Wildman–Crippen MR) is 99.1 cm³/mol. The van der Waals surface area contributed by atoms with Gasteiger partial charge in [-0.15, -0.1) is 0 Å². The first-order chi connectivity index (χ1) is 12.2. The van der Waals surface area contributed by atoms with Crippen LogP contribution in [0.1, 0.15) is 15.9 Å². The van der Waals surface area contributed by atoms with E-state index in [1.807, 2.05) is 0 Å². The van der Waals surface area contributed by atoms with Gasteiger partial charge in [-0.25, -0.2) is 8.42 Å². The predicted octanol–water partition coefficient (Wildman–Crippen LogP) is 2.59. The molecule has 2 rings (SSSR count). The van der Waals surface area contributed by atoms with E-state index in [0.29, 0.717) is 12.1 Å². The van der Waals surface area contributed by atoms with E-state index in [4.69, 9.17) is 11.6 Å². The van der Waals surface area contributed by atoms with Crippen LogP contribution in [0, 0.1) is 10.1 Å². The molecule has 0 aromatic heterocycles. The monoisotopic (exact) mass is 397 g/mol. The molecule has 2 aromatic rings. The first-order valence-electron chi connectivity index (χ1n) is 7.44. The number of nitro groups is 1. The number of sulfonamides is 1. The summed E-state index contributed by atoms with van der Waals surface area (Å²) in [7, 11) is -3.33. The molecule has 0 spiro atoms. The quantitative estimate of drug-likeness (QED) is 0.549. The first-order valence-corrected chi connectivity index (χ1v) is 9.71. The third-order valence-corrected chi connectivity index (χ3v) is 4.30. The smallest absolute Gasteiger partial charge is 0.270 e. The van der Waals surface area contributed by atoms with E-state index in [1.165, 1.54) is 12.1 Å². The van der Waals surface area contributed by atoms with Crippen molar-refractivity contribution in [3.05, 3.63) is 68.7 Å². The van der Waals surface area contributed by atoms with Gasteiger partial charge in [0.1, 0.15) is 0 Å². The Morgan fingerprint density at radius 2 is 1.85 bits per heavy atom. The Hall–Kier alpha value is -2.65. The number of amides is 1. The molecule has 0 saturated carbocycles. The molecule has 0 saturated heterocycles. The summed E-state index contributed by atoms with van der Waals surface area (Å²) in [5, 5.41) is 13.6. The number of halogens is 1. The molecule has 2 N–H and O–H groups in total. The lowest BCUT2D eigenvalue weighted by Crippen LogP contribution is -2.26. The van der Waals surface area contributed by atoms with Crippen molar-refractivity contribution in [1.82, 2.24) is 5.32 Å². The van der Waals surface area contributed by atoms with Gasteiger partial charge in [0, 0.05) is 24.4 Å². The molecule has 0 aliphatic rings. The summed E-state index contributed by atoms with van der Waals surface area (Å²) in [5.74, 6) is -0.505. The minimum atomic E-state index is -3.33. The lowest BCUT2D eigenvalue weighted by atomic mass is 10.1. The maximum atomic E-state index is 12.1. The largest absolute Gasteiger partial charge is 0.352 e. The fraction of sp³-hybridized carbons (Fsp3) is 0.188. The molecule has 0 heterocycles. The molecular formula is C16H16ClN3O5S. The van der Waals surface area contributed by atoms with Gasteiger partial charge in [-0.2, -0.15) is 0 Å². The zero-order valence-electron chi connectivity index (χ0n) is 13.7. The number of nitrogens with zero attached hydrogens (tertiary/aromatic N) is 1. The average molecular weight is 398 g/mol. The molecule has 0 fully saturated rings. The maximum Gasteiger partial charge on any atom is 0.270 e. The van der Waals surface area contributed by atoms with Gasteiger partial charge in [0.2, 0.25) is 10.0 Å². The number of nitrogens with one attached hydrogen (secondary N) is 2. The van der Waals surface area contributed by atoms with E-state index in [9.17, 15) is 23.3 Å². The molecule has 8 nitrogen and oxygen atoms in total. The van der Waals surface area contributed by atoms with Crippen molar-refractivity contribution in [3.8, 4) is 0 Å². The lowest BCUT2D eigenvalue weighted by molar-refractivity contribution is -0.384. The van der Waals surface area contributed by atoms with Crippen molar-refractivity contribution in [2.45, 2.75) is 6.42 Å². The average Bonchev–Trinajstić information content (AvgIpc) is 2.55. The number of nitro benzene ring substituents is 1. The van der Waals surface area contributed by atoms with Crippen LogP contribution in [0.2, 0.25) is 5.02 Å². The molecule has 138 valence electrons. The van der Waals surface area contributed by atoms with Crippen LogP contribution >= 0.6 is 11.6 Å². The molecule has 0 unspecified atom stereocenters. The van der Waals surface area contributed by atoms with Crippen LogP contribution in [0.4, 0.5) is 11.4 Å². The van der Waals surface area contributed by atoms with Gasteiger partial charge in [0.05, 0.1) is 21.8 Å². The Labute approximate surface area is 155 Å². The van der Waals surface area contributed by atoms with E-state index >= 15 is 0 Å². The highest BCUT2D eigenvalue weighted by molar-refractivity contribution is 7.92. The standard InChI is InChI=1S/C16H16ClN3O5S/c1-26(24,25)19-12-4-2-11(3-5-12)8-9-18-16(21)14-10-13(20(22)23)6-7-15(14)17/h2-7,10,19H,8-9H2,1H3,(H,18,21). The molecule has 26 heavy (non-hydrogen) atoms. The van der Waals surface area contributed by atoms with Gasteiger partial charge in [-0.05, 0) is 30.2 Å². The summed E-state index contributed by atoms with van der Waals surface area (Å²) in [5.41, 5.74) is 1.15. The van der Waals surface area contributed by atoms with Crippen molar-refractivity contribution >= 4 is 38.9 Å². The highest BCUT2D eigenvalue weighted by Gasteiger charge is 2.15. The Kier molecular flexibility index (Phi) is 6.17. The second-order valence-corrected chi connectivity index (χ2v) is 7.65. The molecule has 2 aromatic carbocycles. The van der Waals surface area contributed by atoms with Gasteiger partial charge >= 0.3 is 0 Å². The van der Waals surface area contributed by atoms with Crippen LogP contribution in [0.3, 0.4) is 0 Å². The number of hydrogen-bond donors (Lipinski definition) is 2. The normalized spacial score (nSPS) is 11.0. The van der Waals surface area contributed by atoms with Crippen LogP contribution in [0.15, 0.2) is 42.5 Å². The van der Waals surface area contributed by atoms with Crippen LogP contribution < -0.4 is 10.0 Å². The van der Waals surface area contributed by atoms with E-state index < -0.39 is 20.9 Å². The number of non-ortho nitro benzene ring substituents is 1. The Morgan fingerprint density at radius 1 is 1.19 bits per heavy atom. The SMILES string of the molecule is CS(=O)(=O)Nc1ccc(CCNC(=O)c2cc([N+](=O)[O-])ccc2Cl)cc1. The third-order valence-electron chi connectivity index (χ3n) is 3.36. The summed E-state index contributed by atoms with van der Waals surface area (Å²) < 4.78 is 24.7. The van der Waals surface area contributed by atoms with Crippen LogP contribution in [0.5, 0.6) is 0 Å². The molecule has 0 radical (unpaired) electrons. The summed E-state index contributed by atoms with van der Waals surface area (Å²) in [6.07, 6.45) is 1.56. The van der Waals surface area contributed by atoms with Crippen LogP contribution in [-0.4, -0.2) is 32.0 Å². The molecule has 10 heteroatoms. The number of anilines is 1. The number of carbonyl (C=O) groups is 1. The number of carbonyl (C=O) groups excluding carboxylic acids is 1. The second kappa shape index (κ2) is 8.15. The van der Waals surface area contributed by atoms with Gasteiger partial charge in [0.25, 0.3) is 11.6 Å².